The molecule has 0 spiro atoms. The summed E-state index contributed by atoms with van der Waals surface area (Å²) in [4.78, 5) is 17.1. The van der Waals surface area contributed by atoms with Crippen LogP contribution in [-0.2, 0) is 4.79 Å². The number of aldehydes is 1. The number of thiazole rings is 1. The van der Waals surface area contributed by atoms with E-state index in [0.29, 0.717) is 10.8 Å². The molecule has 144 valence electrons. The molecule has 0 radical (unpaired) electrons. The van der Waals surface area contributed by atoms with Gasteiger partial charge in [-0.3, -0.25) is 4.90 Å². The molecular weight excluding hydrogens is 409 g/mol. The molecule has 0 atom stereocenters. The summed E-state index contributed by atoms with van der Waals surface area (Å²) in [6.45, 7) is 8.82. The van der Waals surface area contributed by atoms with E-state index < -0.39 is 0 Å². The van der Waals surface area contributed by atoms with E-state index in [1.807, 2.05) is 22.6 Å². The highest BCUT2D eigenvalue weighted by Crippen LogP contribution is 2.30. The molecule has 1 aromatic heterocycles. The molecule has 0 aliphatic carbocycles. The van der Waals surface area contributed by atoms with Crippen LogP contribution in [0.4, 0.5) is 0 Å². The lowest BCUT2D eigenvalue weighted by Crippen LogP contribution is -2.47. The van der Waals surface area contributed by atoms with E-state index in [9.17, 15) is 4.79 Å². The Hall–Kier alpha value is -0.370. The van der Waals surface area contributed by atoms with Crippen LogP contribution in [0.5, 0.6) is 0 Å². The molecule has 3 rings (SSSR count). The number of thioether (sulfide) groups is 1. The fourth-order valence-electron chi connectivity index (χ4n) is 2.91. The van der Waals surface area contributed by atoms with Gasteiger partial charge in [0.15, 0.2) is 4.34 Å². The fourth-order valence-corrected chi connectivity index (χ4v) is 4.99. The second-order valence-electron chi connectivity index (χ2n) is 5.99. The molecule has 0 unspecified atom stereocenters. The Balaban J connectivity index is 0.000000190. The summed E-state index contributed by atoms with van der Waals surface area (Å²) < 4.78 is 3.90. The molecule has 1 saturated heterocycles. The minimum atomic E-state index is 0.452. The van der Waals surface area contributed by atoms with Gasteiger partial charge in [-0.1, -0.05) is 37.2 Å². The van der Waals surface area contributed by atoms with Crippen LogP contribution in [0.25, 0.3) is 10.2 Å². The number of fused-ring (bicyclic) bond motifs is 1. The maximum absolute atomic E-state index is 10.2. The van der Waals surface area contributed by atoms with Crippen molar-refractivity contribution >= 4 is 63.0 Å². The normalized spacial score (nSPS) is 15.9. The maximum Gasteiger partial charge on any atom is 0.151 e. The number of aromatic nitrogens is 1. The zero-order chi connectivity index (χ0) is 18.9. The molecule has 1 aliphatic rings. The number of hydrogen-bond donors (Lipinski definition) is 0. The Kier molecular flexibility index (Phi) is 9.67. The molecule has 1 fully saturated rings. The van der Waals surface area contributed by atoms with Crippen LogP contribution >= 0.6 is 46.5 Å². The number of nitrogens with zero attached hydrogens (tertiary/aromatic N) is 3. The van der Waals surface area contributed by atoms with E-state index >= 15 is 0 Å². The highest BCUT2D eigenvalue weighted by Gasteiger charge is 2.20. The van der Waals surface area contributed by atoms with Crippen molar-refractivity contribution in [3.05, 3.63) is 23.2 Å². The minimum Gasteiger partial charge on any atom is -0.302 e. The van der Waals surface area contributed by atoms with Gasteiger partial charge in [0.05, 0.1) is 16.0 Å². The van der Waals surface area contributed by atoms with E-state index in [4.69, 9.17) is 23.4 Å². The second kappa shape index (κ2) is 11.5. The molecule has 1 aliphatic heterocycles. The molecule has 0 saturated carbocycles. The van der Waals surface area contributed by atoms with Crippen LogP contribution in [0.2, 0.25) is 5.02 Å². The van der Waals surface area contributed by atoms with Crippen LogP contribution in [0.15, 0.2) is 22.5 Å². The smallest absolute Gasteiger partial charge is 0.151 e. The largest absolute Gasteiger partial charge is 0.302 e. The van der Waals surface area contributed by atoms with Crippen molar-refractivity contribution in [2.45, 2.75) is 37.1 Å². The van der Waals surface area contributed by atoms with Crippen molar-refractivity contribution in [3.63, 3.8) is 0 Å². The van der Waals surface area contributed by atoms with Crippen molar-refractivity contribution in [1.82, 2.24) is 14.3 Å². The van der Waals surface area contributed by atoms with Crippen molar-refractivity contribution in [1.29, 1.82) is 0 Å². The Morgan fingerprint density at radius 2 is 1.96 bits per heavy atom. The minimum absolute atomic E-state index is 0.452. The first-order chi connectivity index (χ1) is 12.6. The van der Waals surface area contributed by atoms with Crippen LogP contribution in [-0.4, -0.2) is 58.6 Å². The number of rotatable bonds is 6. The van der Waals surface area contributed by atoms with Crippen molar-refractivity contribution in [2.75, 3.05) is 31.9 Å². The van der Waals surface area contributed by atoms with Crippen LogP contribution in [0.1, 0.15) is 26.7 Å². The zero-order valence-corrected chi connectivity index (χ0v) is 18.3. The third kappa shape index (κ3) is 6.66. The summed E-state index contributed by atoms with van der Waals surface area (Å²) in [5, 5.41) is 0.690. The predicted octanol–water partition coefficient (Wildman–Crippen LogP) is 5.19. The first kappa shape index (κ1) is 21.9. The average Bonchev–Trinajstić information content (AvgIpc) is 3.05. The number of piperazine rings is 1. The SMILES string of the molecule is CCC(CC)N1CCN(Cl)CC1.O=CCSc1nc2cc(Cl)ccc2s1. The quantitative estimate of drug-likeness (QED) is 0.355. The number of halogens is 2. The number of carbonyl (C=O) groups is 1. The summed E-state index contributed by atoms with van der Waals surface area (Å²) in [6, 6.07) is 6.39. The van der Waals surface area contributed by atoms with E-state index in [0.717, 1.165) is 53.1 Å². The van der Waals surface area contributed by atoms with Gasteiger partial charge in [0.1, 0.15) is 6.29 Å². The summed E-state index contributed by atoms with van der Waals surface area (Å²) in [6.07, 6.45) is 3.40. The van der Waals surface area contributed by atoms with E-state index in [2.05, 4.69) is 23.7 Å². The van der Waals surface area contributed by atoms with Gasteiger partial charge in [-0.15, -0.1) is 11.3 Å². The lowest BCUT2D eigenvalue weighted by atomic mass is 10.1. The molecule has 1 aromatic carbocycles. The van der Waals surface area contributed by atoms with Gasteiger partial charge in [-0.25, -0.2) is 9.40 Å². The molecular formula is C18H25Cl2N3OS2. The predicted molar refractivity (Wildman–Crippen MR) is 115 cm³/mol. The van der Waals surface area contributed by atoms with Gasteiger partial charge >= 0.3 is 0 Å². The molecule has 8 heteroatoms. The van der Waals surface area contributed by atoms with Crippen molar-refractivity contribution in [3.8, 4) is 0 Å². The number of carbonyl (C=O) groups excluding carboxylic acids is 1. The number of benzene rings is 1. The monoisotopic (exact) mass is 433 g/mol. The standard InChI is InChI=1S/C9H19ClN2.C9H6ClNOS2/c1-3-9(4-2)11-5-7-12(10)8-6-11;10-6-1-2-8-7(5-6)11-9(14-8)13-4-3-12/h9H,3-8H2,1-2H3;1-3,5H,4H2. The molecule has 2 heterocycles. The zero-order valence-electron chi connectivity index (χ0n) is 15.2. The van der Waals surface area contributed by atoms with Crippen molar-refractivity contribution in [2.24, 2.45) is 0 Å². The van der Waals surface area contributed by atoms with Crippen LogP contribution < -0.4 is 0 Å². The Morgan fingerprint density at radius 3 is 2.58 bits per heavy atom. The van der Waals surface area contributed by atoms with E-state index in [-0.39, 0.29) is 0 Å². The first-order valence-corrected chi connectivity index (χ1v) is 11.4. The molecule has 2 aromatic rings. The van der Waals surface area contributed by atoms with Gasteiger partial charge in [0.25, 0.3) is 0 Å². The first-order valence-electron chi connectivity index (χ1n) is 8.84. The van der Waals surface area contributed by atoms with Gasteiger partial charge in [-0.2, -0.15) is 0 Å². The lowest BCUT2D eigenvalue weighted by molar-refractivity contribution is -0.105. The Bertz CT molecular complexity index is 686. The topological polar surface area (TPSA) is 36.4 Å². The van der Waals surface area contributed by atoms with Crippen LogP contribution in [0, 0.1) is 0 Å². The summed E-state index contributed by atoms with van der Waals surface area (Å²) in [5.41, 5.74) is 0.899. The fraction of sp³-hybridized carbons (Fsp3) is 0.556. The molecule has 0 bridgehead atoms. The molecule has 4 nitrogen and oxygen atoms in total. The summed E-state index contributed by atoms with van der Waals surface area (Å²) in [5.74, 6) is 0.452. The van der Waals surface area contributed by atoms with Gasteiger partial charge in [0, 0.05) is 37.2 Å². The summed E-state index contributed by atoms with van der Waals surface area (Å²) in [7, 11) is 0. The van der Waals surface area contributed by atoms with Crippen LogP contribution in [0.3, 0.4) is 0 Å². The van der Waals surface area contributed by atoms with E-state index in [1.54, 1.807) is 11.3 Å². The average molecular weight is 434 g/mol. The molecule has 0 amide bonds. The Morgan fingerprint density at radius 1 is 1.27 bits per heavy atom. The summed E-state index contributed by atoms with van der Waals surface area (Å²) >= 11 is 14.7. The van der Waals surface area contributed by atoms with Gasteiger partial charge in [0.2, 0.25) is 0 Å². The van der Waals surface area contributed by atoms with Crippen molar-refractivity contribution < 1.29 is 4.79 Å². The van der Waals surface area contributed by atoms with Gasteiger partial charge < -0.3 is 4.79 Å². The number of hydrogen-bond acceptors (Lipinski definition) is 6. The lowest BCUT2D eigenvalue weighted by Gasteiger charge is -2.36. The third-order valence-electron chi connectivity index (χ3n) is 4.32. The molecule has 26 heavy (non-hydrogen) atoms. The highest BCUT2D eigenvalue weighted by molar-refractivity contribution is 8.01. The highest BCUT2D eigenvalue weighted by atomic mass is 35.5. The maximum atomic E-state index is 10.2. The third-order valence-corrected chi connectivity index (χ3v) is 6.97. The van der Waals surface area contributed by atoms with E-state index in [1.165, 1.54) is 24.6 Å². The Labute approximate surface area is 174 Å². The molecule has 0 N–H and O–H groups in total. The second-order valence-corrected chi connectivity index (χ2v) is 9.20. The van der Waals surface area contributed by atoms with Gasteiger partial charge in [-0.05, 0) is 42.8 Å².